The lowest BCUT2D eigenvalue weighted by Gasteiger charge is -2.21. The molecule has 0 radical (unpaired) electrons. The Labute approximate surface area is 702 Å². The van der Waals surface area contributed by atoms with Crippen LogP contribution in [0.3, 0.4) is 0 Å². The van der Waals surface area contributed by atoms with E-state index >= 15 is 0 Å². The number of phosphoric acid groups is 2. The van der Waals surface area contributed by atoms with E-state index in [2.05, 4.69) is 34.6 Å². The molecule has 0 aromatic heterocycles. The van der Waals surface area contributed by atoms with Crippen LogP contribution in [0.1, 0.15) is 523 Å². The first-order valence-corrected chi connectivity index (χ1v) is 52.1. The van der Waals surface area contributed by atoms with Crippen LogP contribution >= 0.6 is 15.6 Å². The molecule has 0 rings (SSSR count). The lowest BCUT2D eigenvalue weighted by atomic mass is 10.0. The topological polar surface area (TPSA) is 237 Å². The van der Waals surface area contributed by atoms with Gasteiger partial charge in [-0.15, -0.1) is 0 Å². The van der Waals surface area contributed by atoms with Gasteiger partial charge in [0.1, 0.15) is 19.3 Å². The van der Waals surface area contributed by atoms with Gasteiger partial charge in [0.2, 0.25) is 0 Å². The van der Waals surface area contributed by atoms with E-state index in [1.165, 1.54) is 347 Å². The van der Waals surface area contributed by atoms with E-state index in [1.807, 2.05) is 0 Å². The summed E-state index contributed by atoms with van der Waals surface area (Å²) < 4.78 is 69.2. The maximum absolute atomic E-state index is 13.2. The number of ether oxygens (including phenoxy) is 4. The van der Waals surface area contributed by atoms with Gasteiger partial charge in [0.25, 0.3) is 0 Å². The minimum absolute atomic E-state index is 0.109. The summed E-state index contributed by atoms with van der Waals surface area (Å²) in [6.07, 6.45) is 85.0. The molecule has 0 aliphatic rings. The molecule has 0 heterocycles. The summed E-state index contributed by atoms with van der Waals surface area (Å²) in [5, 5.41) is 10.7. The van der Waals surface area contributed by atoms with Crippen LogP contribution in [0.5, 0.6) is 0 Å². The Morgan fingerprint density at radius 1 is 0.237 bits per heavy atom. The van der Waals surface area contributed by atoms with E-state index in [4.69, 9.17) is 37.0 Å². The molecule has 0 aromatic carbocycles. The van der Waals surface area contributed by atoms with Gasteiger partial charge in [0.05, 0.1) is 26.4 Å². The molecule has 17 nitrogen and oxygen atoms in total. The summed E-state index contributed by atoms with van der Waals surface area (Å²) in [4.78, 5) is 73.6. The van der Waals surface area contributed by atoms with E-state index in [-0.39, 0.29) is 25.7 Å². The van der Waals surface area contributed by atoms with E-state index < -0.39 is 97.5 Å². The van der Waals surface area contributed by atoms with Crippen molar-refractivity contribution >= 4 is 39.5 Å². The zero-order valence-electron chi connectivity index (χ0n) is 75.2. The molecule has 5 atom stereocenters. The Balaban J connectivity index is 5.23. The fourth-order valence-corrected chi connectivity index (χ4v) is 16.6. The van der Waals surface area contributed by atoms with E-state index in [0.717, 1.165) is 95.8 Å². The van der Waals surface area contributed by atoms with Crippen LogP contribution < -0.4 is 0 Å². The number of phosphoric ester groups is 2. The molecule has 114 heavy (non-hydrogen) atoms. The smallest absolute Gasteiger partial charge is 0.462 e. The Kier molecular flexibility index (Phi) is 85.9. The number of aliphatic hydroxyl groups is 1. The standard InChI is InChI=1S/C95H186O17P2/c1-6-9-12-15-18-21-24-27-30-33-36-38-40-43-46-49-52-55-60-66-71-76-80-94(99)111-90(84-105-92(97)78-73-68-63-58-53-50-47-44-42-39-37-34-31-28-25-22-19-16-13-10-7-2)86-109-113(101,102)107-82-89(96)83-108-114(103,104)110-87-91(85-106-93(98)79-74-69-64-61-56-57-62-67-72-77-88(4)5)112-95(100)81-75-70-65-59-54-51-48-45-41-35-32-29-26-23-20-17-14-11-8-3/h88-91,96H,6-87H2,1-5H3,(H,101,102)(H,103,104)/t89-,90-,91-/m1/s1. The predicted octanol–water partition coefficient (Wildman–Crippen LogP) is 29.9. The first-order chi connectivity index (χ1) is 55.5. The zero-order chi connectivity index (χ0) is 83.3. The van der Waals surface area contributed by atoms with Crippen molar-refractivity contribution in [2.24, 2.45) is 5.92 Å². The SMILES string of the molecule is CCCCCCCCCCCCCCCCCCCCCCCCC(=O)O[C@H](COC(=O)CCCCCCCCCCCCCCCCCCCCCCC)COP(=O)(O)OC[C@@H](O)COP(=O)(O)OC[C@@H](COC(=O)CCCCCCCCCCCC(C)C)OC(=O)CCCCCCCCCCCCCCCCCCCCC. The van der Waals surface area contributed by atoms with Gasteiger partial charge in [-0.25, -0.2) is 9.13 Å². The molecule has 0 amide bonds. The van der Waals surface area contributed by atoms with Crippen molar-refractivity contribution in [1.82, 2.24) is 0 Å². The highest BCUT2D eigenvalue weighted by Crippen LogP contribution is 2.45. The van der Waals surface area contributed by atoms with E-state index in [1.54, 1.807) is 0 Å². The van der Waals surface area contributed by atoms with Crippen LogP contribution in [0.4, 0.5) is 0 Å². The molecule has 19 heteroatoms. The van der Waals surface area contributed by atoms with Crippen molar-refractivity contribution in [3.63, 3.8) is 0 Å². The number of rotatable bonds is 95. The summed E-state index contributed by atoms with van der Waals surface area (Å²) >= 11 is 0. The maximum Gasteiger partial charge on any atom is 0.472 e. The normalized spacial score (nSPS) is 13.6. The van der Waals surface area contributed by atoms with Crippen molar-refractivity contribution in [2.75, 3.05) is 39.6 Å². The molecule has 0 aliphatic heterocycles. The fourth-order valence-electron chi connectivity index (χ4n) is 15.1. The molecule has 0 aliphatic carbocycles. The maximum atomic E-state index is 13.2. The van der Waals surface area contributed by atoms with Crippen molar-refractivity contribution in [3.8, 4) is 0 Å². The largest absolute Gasteiger partial charge is 0.472 e. The minimum atomic E-state index is -4.97. The molecule has 0 fully saturated rings. The molecule has 0 saturated carbocycles. The van der Waals surface area contributed by atoms with Crippen LogP contribution in [0.15, 0.2) is 0 Å². The van der Waals surface area contributed by atoms with Crippen LogP contribution in [0, 0.1) is 5.92 Å². The summed E-state index contributed by atoms with van der Waals surface area (Å²) in [5.41, 5.74) is 0. The summed E-state index contributed by atoms with van der Waals surface area (Å²) in [6.45, 7) is 7.40. The second-order valence-corrected chi connectivity index (χ2v) is 37.5. The molecular weight excluding hydrogens is 1470 g/mol. The van der Waals surface area contributed by atoms with Crippen LogP contribution in [0.25, 0.3) is 0 Å². The summed E-state index contributed by atoms with van der Waals surface area (Å²) in [6, 6.07) is 0. The average molecular weight is 1660 g/mol. The van der Waals surface area contributed by atoms with Gasteiger partial charge in [-0.3, -0.25) is 37.3 Å². The van der Waals surface area contributed by atoms with Crippen molar-refractivity contribution < 1.29 is 80.2 Å². The Morgan fingerprint density at radius 3 is 0.596 bits per heavy atom. The van der Waals surface area contributed by atoms with E-state index in [9.17, 15) is 43.2 Å². The van der Waals surface area contributed by atoms with Crippen LogP contribution in [-0.2, 0) is 65.4 Å². The third kappa shape index (κ3) is 87.9. The van der Waals surface area contributed by atoms with Crippen LogP contribution in [0.2, 0.25) is 0 Å². The van der Waals surface area contributed by atoms with Gasteiger partial charge in [-0.05, 0) is 31.6 Å². The minimum Gasteiger partial charge on any atom is -0.462 e. The Bertz CT molecular complexity index is 2150. The molecule has 2 unspecified atom stereocenters. The van der Waals surface area contributed by atoms with Crippen molar-refractivity contribution in [1.29, 1.82) is 0 Å². The van der Waals surface area contributed by atoms with Gasteiger partial charge in [0.15, 0.2) is 12.2 Å². The molecule has 0 saturated heterocycles. The first-order valence-electron chi connectivity index (χ1n) is 49.1. The molecule has 0 bridgehead atoms. The Morgan fingerprint density at radius 2 is 0.404 bits per heavy atom. The number of carbonyl (C=O) groups is 4. The van der Waals surface area contributed by atoms with Gasteiger partial charge < -0.3 is 33.8 Å². The fraction of sp³-hybridized carbons (Fsp3) is 0.958. The van der Waals surface area contributed by atoms with Crippen molar-refractivity contribution in [3.05, 3.63) is 0 Å². The third-order valence-corrected chi connectivity index (χ3v) is 24.4. The third-order valence-electron chi connectivity index (χ3n) is 22.5. The molecule has 0 spiro atoms. The Hall–Kier alpha value is -1.94. The summed E-state index contributed by atoms with van der Waals surface area (Å²) in [7, 11) is -9.94. The van der Waals surface area contributed by atoms with Gasteiger partial charge >= 0.3 is 39.5 Å². The number of carbonyl (C=O) groups excluding carboxylic acids is 4. The van der Waals surface area contributed by atoms with E-state index in [0.29, 0.717) is 25.7 Å². The highest BCUT2D eigenvalue weighted by Gasteiger charge is 2.31. The molecular formula is C95H186O17P2. The lowest BCUT2D eigenvalue weighted by Crippen LogP contribution is -2.30. The number of aliphatic hydroxyl groups excluding tert-OH is 1. The molecule has 0 aromatic rings. The van der Waals surface area contributed by atoms with Gasteiger partial charge in [0, 0.05) is 25.7 Å². The molecule has 678 valence electrons. The summed E-state index contributed by atoms with van der Waals surface area (Å²) in [5.74, 6) is -1.35. The second kappa shape index (κ2) is 87.4. The predicted molar refractivity (Wildman–Crippen MR) is 474 cm³/mol. The lowest BCUT2D eigenvalue weighted by molar-refractivity contribution is -0.161. The number of hydrogen-bond acceptors (Lipinski definition) is 15. The van der Waals surface area contributed by atoms with Crippen molar-refractivity contribution in [2.45, 2.75) is 541 Å². The highest BCUT2D eigenvalue weighted by molar-refractivity contribution is 7.47. The average Bonchev–Trinajstić information content (AvgIpc) is 0.902. The zero-order valence-corrected chi connectivity index (χ0v) is 77.0. The van der Waals surface area contributed by atoms with Crippen LogP contribution in [-0.4, -0.2) is 96.7 Å². The second-order valence-electron chi connectivity index (χ2n) is 34.6. The monoisotopic (exact) mass is 1660 g/mol. The number of unbranched alkanes of at least 4 members (excludes halogenated alkanes) is 67. The first kappa shape index (κ1) is 112. The number of esters is 4. The number of hydrogen-bond donors (Lipinski definition) is 3. The quantitative estimate of drug-likeness (QED) is 0.0222. The highest BCUT2D eigenvalue weighted by atomic mass is 31.2. The van der Waals surface area contributed by atoms with Gasteiger partial charge in [-0.2, -0.15) is 0 Å². The van der Waals surface area contributed by atoms with Gasteiger partial charge in [-0.1, -0.05) is 471 Å². The molecule has 3 N–H and O–H groups in total.